The van der Waals surface area contributed by atoms with Crippen LogP contribution in [0.4, 0.5) is 26.3 Å². The van der Waals surface area contributed by atoms with E-state index in [1.807, 2.05) is 0 Å². The summed E-state index contributed by atoms with van der Waals surface area (Å²) in [7, 11) is 0. The molecule has 0 saturated heterocycles. The van der Waals surface area contributed by atoms with Crippen molar-refractivity contribution in [1.82, 2.24) is 0 Å². The summed E-state index contributed by atoms with van der Waals surface area (Å²) < 4.78 is 58.0. The van der Waals surface area contributed by atoms with Crippen LogP contribution in [0.5, 0.6) is 0 Å². The molecule has 0 unspecified atom stereocenters. The van der Waals surface area contributed by atoms with Crippen molar-refractivity contribution in [3.05, 3.63) is 0 Å². The van der Waals surface area contributed by atoms with Gasteiger partial charge in [0.05, 0.1) is 0 Å². The van der Waals surface area contributed by atoms with Crippen molar-refractivity contribution in [2.75, 3.05) is 0 Å². The summed E-state index contributed by atoms with van der Waals surface area (Å²) in [6.45, 7) is -7.33. The molecule has 0 heterocycles. The fourth-order valence-corrected chi connectivity index (χ4v) is 0. The van der Waals surface area contributed by atoms with Crippen LogP contribution >= 0.6 is 0 Å². The summed E-state index contributed by atoms with van der Waals surface area (Å²) in [5.41, 5.74) is 0. The van der Waals surface area contributed by atoms with E-state index >= 15 is 0 Å². The van der Waals surface area contributed by atoms with E-state index in [1.165, 1.54) is 0 Å². The zero-order valence-electron chi connectivity index (χ0n) is 4.42. The van der Waals surface area contributed by atoms with Crippen LogP contribution in [0.2, 0.25) is 0 Å². The van der Waals surface area contributed by atoms with Crippen LogP contribution < -0.4 is 0 Å². The Morgan fingerprint density at radius 1 is 0.556 bits per heavy atom. The third-order valence-corrected chi connectivity index (χ3v) is 0. The first-order chi connectivity index (χ1) is 3.46. The minimum atomic E-state index is -3.67. The number of hydrogen-bond acceptors (Lipinski definition) is 0. The second kappa shape index (κ2) is 11.9. The molecule has 7 heteroatoms. The Morgan fingerprint density at radius 3 is 0.556 bits per heavy atom. The van der Waals surface area contributed by atoms with Gasteiger partial charge in [-0.1, -0.05) is 0 Å². The first kappa shape index (κ1) is 16.7. The number of alkyl halides is 6. The van der Waals surface area contributed by atoms with Crippen molar-refractivity contribution < 1.29 is 26.3 Å². The molecule has 0 bridgehead atoms. The molecular formula is C2H2F6K. The summed E-state index contributed by atoms with van der Waals surface area (Å²) in [6, 6.07) is 0. The maximum absolute atomic E-state index is 9.67. The minimum absolute atomic E-state index is 0. The van der Waals surface area contributed by atoms with E-state index in [0.29, 0.717) is 0 Å². The minimum Gasteiger partial charge on any atom is -0.174 e. The van der Waals surface area contributed by atoms with Gasteiger partial charge >= 0.3 is 13.4 Å². The summed E-state index contributed by atoms with van der Waals surface area (Å²) in [4.78, 5) is 0. The molecule has 0 aromatic heterocycles. The molecule has 0 saturated carbocycles. The summed E-state index contributed by atoms with van der Waals surface area (Å²) >= 11 is 0. The molecular weight excluding hydrogens is 177 g/mol. The largest absolute Gasteiger partial charge is 0.379 e. The molecule has 0 fully saturated rings. The van der Waals surface area contributed by atoms with E-state index in [4.69, 9.17) is 0 Å². The second-order valence-corrected chi connectivity index (χ2v) is 0.495. The molecule has 0 atom stereocenters. The van der Waals surface area contributed by atoms with Gasteiger partial charge < -0.3 is 0 Å². The zero-order chi connectivity index (χ0) is 7.15. The molecule has 0 aromatic carbocycles. The smallest absolute Gasteiger partial charge is 0.174 e. The van der Waals surface area contributed by atoms with Gasteiger partial charge in [-0.3, -0.25) is 0 Å². The van der Waals surface area contributed by atoms with Crippen LogP contribution in [0.25, 0.3) is 0 Å². The van der Waals surface area contributed by atoms with Crippen LogP contribution in [-0.2, 0) is 0 Å². The average molecular weight is 179 g/mol. The van der Waals surface area contributed by atoms with Crippen LogP contribution in [-0.4, -0.2) is 64.7 Å². The Labute approximate surface area is 90.0 Å². The quantitative estimate of drug-likeness (QED) is 0.394. The van der Waals surface area contributed by atoms with Crippen LogP contribution in [0.15, 0.2) is 0 Å². The summed E-state index contributed by atoms with van der Waals surface area (Å²) in [5, 5.41) is 0. The monoisotopic (exact) mass is 179 g/mol. The van der Waals surface area contributed by atoms with Crippen molar-refractivity contribution >= 4 is 51.4 Å². The van der Waals surface area contributed by atoms with E-state index in [9.17, 15) is 26.3 Å². The molecule has 9 heavy (non-hydrogen) atoms. The van der Waals surface area contributed by atoms with Crippen molar-refractivity contribution in [3.8, 4) is 0 Å². The Morgan fingerprint density at radius 2 is 0.556 bits per heavy atom. The van der Waals surface area contributed by atoms with Gasteiger partial charge in [-0.2, -0.15) is 26.3 Å². The van der Waals surface area contributed by atoms with Crippen molar-refractivity contribution in [2.24, 2.45) is 0 Å². The second-order valence-electron chi connectivity index (χ2n) is 0.495. The molecule has 0 aliphatic rings. The molecule has 0 N–H and O–H groups in total. The maximum Gasteiger partial charge on any atom is 0.379 e. The maximum atomic E-state index is 9.67. The summed E-state index contributed by atoms with van der Waals surface area (Å²) in [6.07, 6.45) is 0. The molecule has 0 aliphatic heterocycles. The zero-order valence-corrected chi connectivity index (χ0v) is 7.55. The molecule has 0 nitrogen and oxygen atoms in total. The fraction of sp³-hybridized carbons (Fsp3) is 1.00. The van der Waals surface area contributed by atoms with Gasteiger partial charge in [0.1, 0.15) is 0 Å². The van der Waals surface area contributed by atoms with Gasteiger partial charge in [0.25, 0.3) is 0 Å². The topological polar surface area (TPSA) is 0 Å². The first-order valence-electron chi connectivity index (χ1n) is 1.31. The average Bonchev–Trinajstić information content (AvgIpc) is 1.25. The number of rotatable bonds is 0. The van der Waals surface area contributed by atoms with E-state index in [1.54, 1.807) is 0 Å². The Hall–Kier alpha value is 1.22. The van der Waals surface area contributed by atoms with Gasteiger partial charge in [-0.15, -0.1) is 0 Å². The van der Waals surface area contributed by atoms with Crippen LogP contribution in [0.1, 0.15) is 0 Å². The van der Waals surface area contributed by atoms with Gasteiger partial charge in [-0.25, -0.2) is 0 Å². The summed E-state index contributed by atoms with van der Waals surface area (Å²) in [5.74, 6) is 0. The Kier molecular flexibility index (Phi) is 22.1. The standard InChI is InChI=1S/2CHF3.K/c2*2-1(3)4;/h2*1H;. The predicted molar refractivity (Wildman–Crippen MR) is 20.0 cm³/mol. The third-order valence-electron chi connectivity index (χ3n) is 0. The van der Waals surface area contributed by atoms with Crippen LogP contribution in [0, 0.1) is 0 Å². The number of hydrogen-bond donors (Lipinski definition) is 0. The SMILES string of the molecule is FC(F)F.FC(F)F.[K]. The van der Waals surface area contributed by atoms with Crippen LogP contribution in [0.3, 0.4) is 0 Å². The molecule has 0 aromatic rings. The molecule has 53 valence electrons. The normalized spacial score (nSPS) is 8.00. The van der Waals surface area contributed by atoms with E-state index in [0.717, 1.165) is 0 Å². The third kappa shape index (κ3) is 324. The fourth-order valence-electron chi connectivity index (χ4n) is 0. The van der Waals surface area contributed by atoms with Gasteiger partial charge in [0.15, 0.2) is 0 Å². The first-order valence-corrected chi connectivity index (χ1v) is 1.31. The predicted octanol–water partition coefficient (Wildman–Crippen LogP) is 1.98. The molecule has 0 spiro atoms. The van der Waals surface area contributed by atoms with Crippen molar-refractivity contribution in [2.45, 2.75) is 13.4 Å². The van der Waals surface area contributed by atoms with E-state index in [2.05, 4.69) is 0 Å². The molecule has 0 aliphatic carbocycles. The van der Waals surface area contributed by atoms with Gasteiger partial charge in [0, 0.05) is 51.4 Å². The molecule has 1 radical (unpaired) electrons. The Bertz CT molecular complexity index is 26.5. The molecule has 0 rings (SSSR count). The van der Waals surface area contributed by atoms with E-state index in [-0.39, 0.29) is 51.4 Å². The van der Waals surface area contributed by atoms with Gasteiger partial charge in [-0.05, 0) is 0 Å². The Balaban J connectivity index is -0.0000000720. The van der Waals surface area contributed by atoms with E-state index < -0.39 is 13.4 Å². The van der Waals surface area contributed by atoms with Crippen molar-refractivity contribution in [1.29, 1.82) is 0 Å². The number of halogens is 6. The van der Waals surface area contributed by atoms with Crippen molar-refractivity contribution in [3.63, 3.8) is 0 Å². The van der Waals surface area contributed by atoms with Gasteiger partial charge in [0.2, 0.25) is 0 Å². The molecule has 0 amide bonds.